The SMILES string of the molecule is C=C(C)C(=O)OCCO.COS(=O)(=O)O.Cc1ccccc1.Oc1ccc(O)cc1. The molecule has 0 saturated heterocycles. The monoisotopic (exact) mass is 444 g/mol. The highest BCUT2D eigenvalue weighted by Crippen LogP contribution is 2.13. The number of phenols is 2. The minimum atomic E-state index is -4.16. The quantitative estimate of drug-likeness (QED) is 0.241. The van der Waals surface area contributed by atoms with Crippen molar-refractivity contribution in [1.29, 1.82) is 0 Å². The van der Waals surface area contributed by atoms with Gasteiger partial charge in [0.05, 0.1) is 13.7 Å². The summed E-state index contributed by atoms with van der Waals surface area (Å²) in [5.74, 6) is -0.116. The Labute approximate surface area is 176 Å². The van der Waals surface area contributed by atoms with Crippen molar-refractivity contribution in [2.45, 2.75) is 13.8 Å². The molecule has 0 aliphatic carbocycles. The molecule has 10 heteroatoms. The van der Waals surface area contributed by atoms with Crippen LogP contribution in [0.2, 0.25) is 0 Å². The molecule has 0 aliphatic heterocycles. The molecule has 0 aliphatic rings. The summed E-state index contributed by atoms with van der Waals surface area (Å²) in [5, 5.41) is 25.5. The lowest BCUT2D eigenvalue weighted by atomic mass is 10.2. The van der Waals surface area contributed by atoms with Crippen LogP contribution in [0.3, 0.4) is 0 Å². The van der Waals surface area contributed by atoms with Gasteiger partial charge in [0.1, 0.15) is 18.1 Å². The molecule has 0 unspecified atom stereocenters. The number of phenolic OH excluding ortho intramolecular Hbond substituents is 2. The summed E-state index contributed by atoms with van der Waals surface area (Å²) in [6.45, 7) is 6.90. The van der Waals surface area contributed by atoms with E-state index in [1.807, 2.05) is 18.2 Å². The lowest BCUT2D eigenvalue weighted by molar-refractivity contribution is -0.139. The summed E-state index contributed by atoms with van der Waals surface area (Å²) in [6.07, 6.45) is 0. The van der Waals surface area contributed by atoms with E-state index in [-0.39, 0.29) is 24.7 Å². The minimum absolute atomic E-state index is 0.0473. The normalized spacial score (nSPS) is 9.37. The maximum atomic E-state index is 10.5. The Kier molecular flexibility index (Phi) is 16.6. The smallest absolute Gasteiger partial charge is 0.397 e. The average Bonchev–Trinajstić information content (AvgIpc) is 2.70. The van der Waals surface area contributed by atoms with Crippen molar-refractivity contribution in [2.24, 2.45) is 0 Å². The molecule has 0 bridgehead atoms. The molecule has 2 rings (SSSR count). The van der Waals surface area contributed by atoms with Gasteiger partial charge in [-0.3, -0.25) is 8.74 Å². The third kappa shape index (κ3) is 21.4. The molecule has 2 aromatic carbocycles. The Morgan fingerprint density at radius 3 is 1.63 bits per heavy atom. The first-order valence-electron chi connectivity index (χ1n) is 8.39. The molecule has 168 valence electrons. The third-order valence-electron chi connectivity index (χ3n) is 2.67. The second kappa shape index (κ2) is 17.0. The van der Waals surface area contributed by atoms with Crippen molar-refractivity contribution in [3.8, 4) is 11.5 Å². The van der Waals surface area contributed by atoms with Gasteiger partial charge in [-0.05, 0) is 38.1 Å². The van der Waals surface area contributed by atoms with E-state index >= 15 is 0 Å². The van der Waals surface area contributed by atoms with Crippen molar-refractivity contribution >= 4 is 16.4 Å². The lowest BCUT2D eigenvalue weighted by Gasteiger charge is -1.99. The van der Waals surface area contributed by atoms with Gasteiger partial charge in [-0.25, -0.2) is 4.79 Å². The summed E-state index contributed by atoms with van der Waals surface area (Å²) in [5.41, 5.74) is 1.67. The number of hydrogen-bond donors (Lipinski definition) is 4. The number of esters is 1. The van der Waals surface area contributed by atoms with Crippen LogP contribution in [0, 0.1) is 6.92 Å². The van der Waals surface area contributed by atoms with Gasteiger partial charge in [0.25, 0.3) is 0 Å². The van der Waals surface area contributed by atoms with E-state index in [0.29, 0.717) is 5.57 Å². The summed E-state index contributed by atoms with van der Waals surface area (Å²) >= 11 is 0. The van der Waals surface area contributed by atoms with Gasteiger partial charge in [-0.1, -0.05) is 42.5 Å². The van der Waals surface area contributed by atoms with Gasteiger partial charge in [0.15, 0.2) is 0 Å². The molecule has 4 N–H and O–H groups in total. The second-order valence-electron chi connectivity index (χ2n) is 5.41. The molecule has 0 spiro atoms. The zero-order valence-electron chi connectivity index (χ0n) is 17.1. The third-order valence-corrected chi connectivity index (χ3v) is 3.09. The molecular weight excluding hydrogens is 416 g/mol. The van der Waals surface area contributed by atoms with Crippen LogP contribution < -0.4 is 0 Å². The zero-order chi connectivity index (χ0) is 23.6. The number of carbonyl (C=O) groups is 1. The molecule has 0 radical (unpaired) electrons. The second-order valence-corrected chi connectivity index (χ2v) is 6.59. The van der Waals surface area contributed by atoms with Crippen LogP contribution >= 0.6 is 0 Å². The van der Waals surface area contributed by atoms with Crippen LogP contribution in [-0.2, 0) is 24.1 Å². The molecule has 0 fully saturated rings. The van der Waals surface area contributed by atoms with Crippen LogP contribution in [0.5, 0.6) is 11.5 Å². The predicted octanol–water partition coefficient (Wildman–Crippen LogP) is 2.63. The Bertz CT molecular complexity index is 796. The van der Waals surface area contributed by atoms with Gasteiger partial charge in [-0.2, -0.15) is 8.42 Å². The zero-order valence-corrected chi connectivity index (χ0v) is 17.9. The van der Waals surface area contributed by atoms with Crippen molar-refractivity contribution in [3.63, 3.8) is 0 Å². The largest absolute Gasteiger partial charge is 0.508 e. The van der Waals surface area contributed by atoms with E-state index < -0.39 is 16.4 Å². The van der Waals surface area contributed by atoms with Gasteiger partial charge < -0.3 is 20.1 Å². The molecule has 0 atom stereocenters. The van der Waals surface area contributed by atoms with Crippen molar-refractivity contribution < 1.29 is 42.0 Å². The van der Waals surface area contributed by atoms with Crippen LogP contribution in [-0.4, -0.2) is 54.6 Å². The van der Waals surface area contributed by atoms with Crippen LogP contribution in [0.15, 0.2) is 66.7 Å². The standard InChI is InChI=1S/C7H8.C6H10O3.C6H6O2.CH4O4S/c1-7-5-3-2-4-6-7;1-5(2)6(8)9-4-3-7;7-5-1-2-6(8)4-3-5;1-5-6(2,3)4/h2-6H,1H3;7H,1,3-4H2,2H3;1-4,7-8H;1H3,(H,2,3,4). The number of hydrogen-bond acceptors (Lipinski definition) is 8. The van der Waals surface area contributed by atoms with E-state index in [4.69, 9.17) is 19.9 Å². The van der Waals surface area contributed by atoms with Crippen LogP contribution in [0.1, 0.15) is 12.5 Å². The maximum Gasteiger partial charge on any atom is 0.397 e. The lowest BCUT2D eigenvalue weighted by Crippen LogP contribution is -2.08. The Morgan fingerprint density at radius 2 is 1.40 bits per heavy atom. The first-order valence-corrected chi connectivity index (χ1v) is 9.75. The molecular formula is C20H28O9S. The molecule has 9 nitrogen and oxygen atoms in total. The fourth-order valence-electron chi connectivity index (χ4n) is 1.25. The number of rotatable bonds is 4. The molecule has 0 saturated carbocycles. The first kappa shape index (κ1) is 29.3. The molecule has 30 heavy (non-hydrogen) atoms. The molecule has 0 aromatic heterocycles. The van der Waals surface area contributed by atoms with Gasteiger partial charge in [0, 0.05) is 5.57 Å². The predicted molar refractivity (Wildman–Crippen MR) is 112 cm³/mol. The van der Waals surface area contributed by atoms with Crippen LogP contribution in [0.4, 0.5) is 0 Å². The fraction of sp³-hybridized carbons (Fsp3) is 0.250. The van der Waals surface area contributed by atoms with E-state index in [1.165, 1.54) is 29.8 Å². The minimum Gasteiger partial charge on any atom is -0.508 e. The van der Waals surface area contributed by atoms with Gasteiger partial charge in [0.2, 0.25) is 0 Å². The van der Waals surface area contributed by atoms with Crippen molar-refractivity contribution in [1.82, 2.24) is 0 Å². The number of aliphatic hydroxyl groups is 1. The Hall–Kier alpha value is -2.92. The Morgan fingerprint density at radius 1 is 1.00 bits per heavy atom. The summed E-state index contributed by atoms with van der Waals surface area (Å²) in [4.78, 5) is 10.5. The number of aryl methyl sites for hydroxylation is 1. The van der Waals surface area contributed by atoms with E-state index in [2.05, 4.69) is 34.6 Å². The number of aromatic hydroxyl groups is 2. The summed E-state index contributed by atoms with van der Waals surface area (Å²) < 4.78 is 34.2. The molecule has 0 amide bonds. The van der Waals surface area contributed by atoms with Crippen molar-refractivity contribution in [2.75, 3.05) is 20.3 Å². The number of aliphatic hydroxyl groups excluding tert-OH is 1. The maximum absolute atomic E-state index is 10.5. The van der Waals surface area contributed by atoms with Gasteiger partial charge in [-0.15, -0.1) is 0 Å². The topological polar surface area (TPSA) is 151 Å². The van der Waals surface area contributed by atoms with Crippen molar-refractivity contribution in [3.05, 3.63) is 72.3 Å². The van der Waals surface area contributed by atoms with Gasteiger partial charge >= 0.3 is 16.4 Å². The number of carbonyl (C=O) groups excluding carboxylic acids is 1. The number of benzene rings is 2. The summed E-state index contributed by atoms with van der Waals surface area (Å²) in [6, 6.07) is 16.0. The van der Waals surface area contributed by atoms with Crippen LogP contribution in [0.25, 0.3) is 0 Å². The first-order chi connectivity index (χ1) is 13.9. The van der Waals surface area contributed by atoms with E-state index in [0.717, 1.165) is 7.11 Å². The highest BCUT2D eigenvalue weighted by molar-refractivity contribution is 7.80. The highest BCUT2D eigenvalue weighted by atomic mass is 32.3. The fourth-order valence-corrected chi connectivity index (χ4v) is 1.25. The van der Waals surface area contributed by atoms with E-state index in [9.17, 15) is 13.2 Å². The summed E-state index contributed by atoms with van der Waals surface area (Å²) in [7, 11) is -3.29. The Balaban J connectivity index is 0. The molecule has 2 aromatic rings. The number of ether oxygens (including phenoxy) is 1. The average molecular weight is 445 g/mol. The molecule has 0 heterocycles. The highest BCUT2D eigenvalue weighted by Gasteiger charge is 1.99. The van der Waals surface area contributed by atoms with E-state index in [1.54, 1.807) is 6.92 Å².